The van der Waals surface area contributed by atoms with E-state index in [1.807, 2.05) is 38.1 Å². The van der Waals surface area contributed by atoms with E-state index in [0.717, 1.165) is 41.4 Å². The van der Waals surface area contributed by atoms with Crippen LogP contribution in [-0.4, -0.2) is 41.5 Å². The van der Waals surface area contributed by atoms with Gasteiger partial charge >= 0.3 is 5.97 Å². The molecule has 0 fully saturated rings. The van der Waals surface area contributed by atoms with Crippen LogP contribution in [0.1, 0.15) is 41.9 Å². The number of carbonyl (C=O) groups excluding carboxylic acids is 2. The number of amides is 1. The normalized spacial score (nSPS) is 12.9. The van der Waals surface area contributed by atoms with Crippen LogP contribution < -0.4 is 0 Å². The van der Waals surface area contributed by atoms with E-state index in [0.29, 0.717) is 18.7 Å². The maximum Gasteiger partial charge on any atom is 0.339 e. The molecule has 126 valence electrons. The van der Waals surface area contributed by atoms with Gasteiger partial charge in [-0.25, -0.2) is 4.79 Å². The van der Waals surface area contributed by atoms with Crippen LogP contribution in [0.3, 0.4) is 0 Å². The number of para-hydroxylation sites is 1. The van der Waals surface area contributed by atoms with Gasteiger partial charge in [0.2, 0.25) is 0 Å². The lowest BCUT2D eigenvalue weighted by Crippen LogP contribution is -2.34. The molecular formula is C19H22N2O3. The molecule has 0 atom stereocenters. The van der Waals surface area contributed by atoms with E-state index in [2.05, 4.69) is 4.98 Å². The third kappa shape index (κ3) is 2.98. The Balaban J connectivity index is 1.89. The molecule has 0 saturated carbocycles. The number of benzene rings is 1. The number of pyridine rings is 1. The Labute approximate surface area is 141 Å². The molecule has 0 spiro atoms. The fraction of sp³-hybridized carbons (Fsp3) is 0.421. The molecule has 1 aliphatic carbocycles. The zero-order chi connectivity index (χ0) is 17.1. The molecule has 1 aromatic carbocycles. The van der Waals surface area contributed by atoms with Crippen LogP contribution in [0, 0.1) is 0 Å². The van der Waals surface area contributed by atoms with Crippen molar-refractivity contribution in [3.8, 4) is 0 Å². The topological polar surface area (TPSA) is 59.5 Å². The second-order valence-electron chi connectivity index (χ2n) is 5.92. The fourth-order valence-corrected chi connectivity index (χ4v) is 3.31. The van der Waals surface area contributed by atoms with Gasteiger partial charge in [0.15, 0.2) is 6.61 Å². The van der Waals surface area contributed by atoms with Gasteiger partial charge in [0.25, 0.3) is 5.91 Å². The SMILES string of the molecule is CCN(CC)C(=O)COC(=O)c1c2c(nc3ccccc13)CCC2. The first kappa shape index (κ1) is 16.4. The number of nitrogens with zero attached hydrogens (tertiary/aromatic N) is 2. The van der Waals surface area contributed by atoms with E-state index in [1.165, 1.54) is 0 Å². The van der Waals surface area contributed by atoms with Crippen LogP contribution in [-0.2, 0) is 22.4 Å². The molecule has 0 unspecified atom stereocenters. The number of rotatable bonds is 5. The Bertz CT molecular complexity index is 782. The van der Waals surface area contributed by atoms with E-state index < -0.39 is 5.97 Å². The Hall–Kier alpha value is -2.43. The molecule has 24 heavy (non-hydrogen) atoms. The molecule has 1 amide bonds. The lowest BCUT2D eigenvalue weighted by molar-refractivity contribution is -0.134. The summed E-state index contributed by atoms with van der Waals surface area (Å²) in [6.45, 7) is 4.83. The summed E-state index contributed by atoms with van der Waals surface area (Å²) < 4.78 is 5.35. The molecule has 5 heteroatoms. The van der Waals surface area contributed by atoms with Gasteiger partial charge in [0.1, 0.15) is 0 Å². The molecule has 0 bridgehead atoms. The zero-order valence-electron chi connectivity index (χ0n) is 14.2. The number of aromatic nitrogens is 1. The lowest BCUT2D eigenvalue weighted by Gasteiger charge is -2.18. The highest BCUT2D eigenvalue weighted by molar-refractivity contribution is 6.05. The molecule has 1 heterocycles. The highest BCUT2D eigenvalue weighted by Gasteiger charge is 2.25. The predicted molar refractivity (Wildman–Crippen MR) is 92.0 cm³/mol. The van der Waals surface area contributed by atoms with Gasteiger partial charge in [-0.2, -0.15) is 0 Å². The summed E-state index contributed by atoms with van der Waals surface area (Å²) in [6, 6.07) is 7.61. The molecule has 1 aromatic heterocycles. The number of hydrogen-bond acceptors (Lipinski definition) is 4. The average molecular weight is 326 g/mol. The number of aryl methyl sites for hydroxylation is 1. The molecule has 5 nitrogen and oxygen atoms in total. The first-order chi connectivity index (χ1) is 11.7. The molecule has 1 aliphatic rings. The van der Waals surface area contributed by atoms with E-state index in [9.17, 15) is 9.59 Å². The van der Waals surface area contributed by atoms with E-state index in [4.69, 9.17) is 4.74 Å². The summed E-state index contributed by atoms with van der Waals surface area (Å²) in [4.78, 5) is 31.1. The van der Waals surface area contributed by atoms with Crippen molar-refractivity contribution < 1.29 is 14.3 Å². The third-order valence-electron chi connectivity index (χ3n) is 4.57. The zero-order valence-corrected chi connectivity index (χ0v) is 14.2. The summed E-state index contributed by atoms with van der Waals surface area (Å²) in [5, 5.41) is 0.804. The van der Waals surface area contributed by atoms with Crippen molar-refractivity contribution in [2.75, 3.05) is 19.7 Å². The maximum atomic E-state index is 12.7. The molecule has 0 saturated heterocycles. The van der Waals surface area contributed by atoms with E-state index in [-0.39, 0.29) is 12.5 Å². The minimum Gasteiger partial charge on any atom is -0.452 e. The maximum absolute atomic E-state index is 12.7. The van der Waals surface area contributed by atoms with Gasteiger partial charge in [0, 0.05) is 24.2 Å². The largest absolute Gasteiger partial charge is 0.452 e. The van der Waals surface area contributed by atoms with E-state index >= 15 is 0 Å². The van der Waals surface area contributed by atoms with Gasteiger partial charge in [-0.3, -0.25) is 9.78 Å². The number of likely N-dealkylation sites (N-methyl/N-ethyl adjacent to an activating group) is 1. The van der Waals surface area contributed by atoms with Crippen LogP contribution in [0.4, 0.5) is 0 Å². The van der Waals surface area contributed by atoms with Crippen LogP contribution in [0.2, 0.25) is 0 Å². The molecule has 2 aromatic rings. The lowest BCUT2D eigenvalue weighted by atomic mass is 10.0. The number of carbonyl (C=O) groups is 2. The predicted octanol–water partition coefficient (Wildman–Crippen LogP) is 2.75. The van der Waals surface area contributed by atoms with Crippen molar-refractivity contribution in [3.05, 3.63) is 41.1 Å². The first-order valence-electron chi connectivity index (χ1n) is 8.51. The summed E-state index contributed by atoms with van der Waals surface area (Å²) in [6.07, 6.45) is 2.72. The van der Waals surface area contributed by atoms with Crippen LogP contribution in [0.15, 0.2) is 24.3 Å². The Morgan fingerprint density at radius 3 is 2.67 bits per heavy atom. The number of ether oxygens (including phenoxy) is 1. The first-order valence-corrected chi connectivity index (χ1v) is 8.51. The van der Waals surface area contributed by atoms with Crippen LogP contribution in [0.5, 0.6) is 0 Å². The summed E-state index contributed by atoms with van der Waals surface area (Å²) in [7, 11) is 0. The fourth-order valence-electron chi connectivity index (χ4n) is 3.31. The minimum absolute atomic E-state index is 0.164. The van der Waals surface area contributed by atoms with Gasteiger partial charge in [0.05, 0.1) is 11.1 Å². The van der Waals surface area contributed by atoms with Crippen molar-refractivity contribution in [2.24, 2.45) is 0 Å². The Morgan fingerprint density at radius 2 is 1.92 bits per heavy atom. The monoisotopic (exact) mass is 326 g/mol. The second-order valence-corrected chi connectivity index (χ2v) is 5.92. The van der Waals surface area contributed by atoms with Gasteiger partial charge in [-0.1, -0.05) is 18.2 Å². The molecule has 0 N–H and O–H groups in total. The van der Waals surface area contributed by atoms with Crippen molar-refractivity contribution in [3.63, 3.8) is 0 Å². The number of esters is 1. The summed E-state index contributed by atoms with van der Waals surface area (Å²) >= 11 is 0. The Kier molecular flexibility index (Phi) is 4.79. The summed E-state index contributed by atoms with van der Waals surface area (Å²) in [5.74, 6) is -0.587. The Morgan fingerprint density at radius 1 is 1.17 bits per heavy atom. The van der Waals surface area contributed by atoms with Gasteiger partial charge < -0.3 is 9.64 Å². The van der Waals surface area contributed by atoms with Gasteiger partial charge in [-0.15, -0.1) is 0 Å². The summed E-state index contributed by atoms with van der Waals surface area (Å²) in [5.41, 5.74) is 3.35. The van der Waals surface area contributed by atoms with E-state index in [1.54, 1.807) is 4.90 Å². The molecule has 0 aliphatic heterocycles. The second kappa shape index (κ2) is 6.99. The quantitative estimate of drug-likeness (QED) is 0.793. The number of hydrogen-bond donors (Lipinski definition) is 0. The molecule has 0 radical (unpaired) electrons. The van der Waals surface area contributed by atoms with Crippen LogP contribution >= 0.6 is 0 Å². The molecule has 3 rings (SSSR count). The van der Waals surface area contributed by atoms with Crippen molar-refractivity contribution in [1.82, 2.24) is 9.88 Å². The minimum atomic E-state index is -0.424. The average Bonchev–Trinajstić information content (AvgIpc) is 3.06. The number of fused-ring (bicyclic) bond motifs is 2. The highest BCUT2D eigenvalue weighted by atomic mass is 16.5. The smallest absolute Gasteiger partial charge is 0.339 e. The van der Waals surface area contributed by atoms with Crippen molar-refractivity contribution >= 4 is 22.8 Å². The molecular weight excluding hydrogens is 304 g/mol. The van der Waals surface area contributed by atoms with Crippen molar-refractivity contribution in [1.29, 1.82) is 0 Å². The van der Waals surface area contributed by atoms with Crippen LogP contribution in [0.25, 0.3) is 10.9 Å². The van der Waals surface area contributed by atoms with Gasteiger partial charge in [-0.05, 0) is 44.7 Å². The standard InChI is InChI=1S/C19H22N2O3/c1-3-21(4-2)17(22)12-24-19(23)18-13-8-5-6-10-15(13)20-16-11-7-9-14(16)18/h5-6,8,10H,3-4,7,9,11-12H2,1-2H3. The van der Waals surface area contributed by atoms with Crippen molar-refractivity contribution in [2.45, 2.75) is 33.1 Å². The highest BCUT2D eigenvalue weighted by Crippen LogP contribution is 2.30. The third-order valence-corrected chi connectivity index (χ3v) is 4.57.